The molecule has 0 unspecified atom stereocenters. The normalized spacial score (nSPS) is 21.9. The van der Waals surface area contributed by atoms with Gasteiger partial charge in [-0.1, -0.05) is 0 Å². The predicted molar refractivity (Wildman–Crippen MR) is 65.6 cm³/mol. The molecule has 88 valence electrons. The number of aryl methyl sites for hydroxylation is 1. The van der Waals surface area contributed by atoms with Gasteiger partial charge < -0.3 is 4.98 Å². The smallest absolute Gasteiger partial charge is 0.250 e. The van der Waals surface area contributed by atoms with Crippen LogP contribution in [0.15, 0.2) is 17.1 Å². The van der Waals surface area contributed by atoms with E-state index in [1.165, 1.54) is 24.9 Å². The maximum atomic E-state index is 11.3. The maximum Gasteiger partial charge on any atom is 0.250 e. The van der Waals surface area contributed by atoms with Gasteiger partial charge in [-0.15, -0.1) is 0 Å². The summed E-state index contributed by atoms with van der Waals surface area (Å²) in [7, 11) is 0. The summed E-state index contributed by atoms with van der Waals surface area (Å²) in [5.41, 5.74) is 2.09. The Morgan fingerprint density at radius 2 is 2.25 bits per heavy atom. The highest BCUT2D eigenvalue weighted by Gasteiger charge is 2.27. The standard InChI is InChI=1S/C13H20N2O/c1-9(2)15-6-4-5-12(15)11-7-10(3)13(16)14-8-11/h7-9,12H,4-6H2,1-3H3,(H,14,16)/t12-/m0/s1. The van der Waals surface area contributed by atoms with Gasteiger partial charge in [-0.05, 0) is 51.8 Å². The van der Waals surface area contributed by atoms with Crippen LogP contribution in [0.2, 0.25) is 0 Å². The van der Waals surface area contributed by atoms with Crippen LogP contribution in [0.3, 0.4) is 0 Å². The molecule has 1 fully saturated rings. The molecule has 1 aliphatic rings. The van der Waals surface area contributed by atoms with Crippen molar-refractivity contribution in [2.75, 3.05) is 6.54 Å². The SMILES string of the molecule is Cc1cc([C@@H]2CCCN2C(C)C)c[nH]c1=O. The molecule has 1 atom stereocenters. The lowest BCUT2D eigenvalue weighted by atomic mass is 10.0. The molecular formula is C13H20N2O. The molecule has 0 spiro atoms. The zero-order valence-electron chi connectivity index (χ0n) is 10.3. The molecule has 1 aromatic rings. The summed E-state index contributed by atoms with van der Waals surface area (Å²) in [5.74, 6) is 0. The van der Waals surface area contributed by atoms with Gasteiger partial charge in [0.2, 0.25) is 0 Å². The van der Waals surface area contributed by atoms with Crippen molar-refractivity contribution in [3.8, 4) is 0 Å². The van der Waals surface area contributed by atoms with Crippen LogP contribution in [0.5, 0.6) is 0 Å². The topological polar surface area (TPSA) is 36.1 Å². The van der Waals surface area contributed by atoms with E-state index >= 15 is 0 Å². The summed E-state index contributed by atoms with van der Waals surface area (Å²) < 4.78 is 0. The van der Waals surface area contributed by atoms with Crippen LogP contribution < -0.4 is 5.56 Å². The Morgan fingerprint density at radius 1 is 1.50 bits per heavy atom. The largest absolute Gasteiger partial charge is 0.329 e. The molecule has 3 nitrogen and oxygen atoms in total. The summed E-state index contributed by atoms with van der Waals surface area (Å²) in [6, 6.07) is 3.08. The summed E-state index contributed by atoms with van der Waals surface area (Å²) in [4.78, 5) is 16.7. The Bertz CT molecular complexity index is 422. The monoisotopic (exact) mass is 220 g/mol. The van der Waals surface area contributed by atoms with Crippen molar-refractivity contribution in [3.05, 3.63) is 33.7 Å². The van der Waals surface area contributed by atoms with Crippen LogP contribution in [0.4, 0.5) is 0 Å². The molecule has 0 saturated carbocycles. The van der Waals surface area contributed by atoms with Gasteiger partial charge in [0.15, 0.2) is 0 Å². The quantitative estimate of drug-likeness (QED) is 0.829. The van der Waals surface area contributed by atoms with Crippen LogP contribution in [-0.2, 0) is 0 Å². The lowest BCUT2D eigenvalue weighted by Gasteiger charge is -2.28. The first kappa shape index (κ1) is 11.4. The fourth-order valence-corrected chi connectivity index (χ4v) is 2.58. The van der Waals surface area contributed by atoms with E-state index < -0.39 is 0 Å². The third-order valence-corrected chi connectivity index (χ3v) is 3.45. The fourth-order valence-electron chi connectivity index (χ4n) is 2.58. The number of rotatable bonds is 2. The fraction of sp³-hybridized carbons (Fsp3) is 0.615. The molecule has 2 rings (SSSR count). The summed E-state index contributed by atoms with van der Waals surface area (Å²) in [5, 5.41) is 0. The van der Waals surface area contributed by atoms with Crippen molar-refractivity contribution in [3.63, 3.8) is 0 Å². The first-order valence-corrected chi connectivity index (χ1v) is 6.04. The number of aromatic nitrogens is 1. The Labute approximate surface area is 96.5 Å². The van der Waals surface area contributed by atoms with Crippen molar-refractivity contribution in [2.24, 2.45) is 0 Å². The van der Waals surface area contributed by atoms with E-state index in [9.17, 15) is 4.79 Å². The van der Waals surface area contributed by atoms with Crippen molar-refractivity contribution in [1.82, 2.24) is 9.88 Å². The minimum absolute atomic E-state index is 0.0258. The van der Waals surface area contributed by atoms with E-state index in [-0.39, 0.29) is 5.56 Å². The Kier molecular flexibility index (Phi) is 3.15. The Morgan fingerprint density at radius 3 is 2.88 bits per heavy atom. The Hall–Kier alpha value is -1.09. The number of hydrogen-bond acceptors (Lipinski definition) is 2. The number of H-pyrrole nitrogens is 1. The third-order valence-electron chi connectivity index (χ3n) is 3.45. The van der Waals surface area contributed by atoms with E-state index in [1.807, 2.05) is 19.2 Å². The van der Waals surface area contributed by atoms with Crippen LogP contribution in [0.25, 0.3) is 0 Å². The number of nitrogens with zero attached hydrogens (tertiary/aromatic N) is 1. The number of pyridine rings is 1. The molecule has 16 heavy (non-hydrogen) atoms. The van der Waals surface area contributed by atoms with Gasteiger partial charge in [-0.2, -0.15) is 0 Å². The molecule has 0 radical (unpaired) electrons. The van der Waals surface area contributed by atoms with Crippen LogP contribution >= 0.6 is 0 Å². The van der Waals surface area contributed by atoms with E-state index in [2.05, 4.69) is 23.7 Å². The minimum atomic E-state index is 0.0258. The summed E-state index contributed by atoms with van der Waals surface area (Å²) >= 11 is 0. The van der Waals surface area contributed by atoms with Gasteiger partial charge in [0.1, 0.15) is 0 Å². The van der Waals surface area contributed by atoms with Crippen LogP contribution in [0, 0.1) is 6.92 Å². The van der Waals surface area contributed by atoms with Crippen molar-refractivity contribution in [1.29, 1.82) is 0 Å². The average Bonchev–Trinajstić information content (AvgIpc) is 2.71. The highest BCUT2D eigenvalue weighted by molar-refractivity contribution is 5.21. The lowest BCUT2D eigenvalue weighted by Crippen LogP contribution is -2.30. The van der Waals surface area contributed by atoms with Crippen LogP contribution in [0.1, 0.15) is 43.9 Å². The molecule has 0 aliphatic carbocycles. The van der Waals surface area contributed by atoms with Gasteiger partial charge in [0.25, 0.3) is 5.56 Å². The molecule has 2 heterocycles. The van der Waals surface area contributed by atoms with E-state index in [0.29, 0.717) is 12.1 Å². The summed E-state index contributed by atoms with van der Waals surface area (Å²) in [6.07, 6.45) is 4.32. The third kappa shape index (κ3) is 2.05. The zero-order chi connectivity index (χ0) is 11.7. The van der Waals surface area contributed by atoms with E-state index in [4.69, 9.17) is 0 Å². The number of nitrogens with one attached hydrogen (secondary N) is 1. The number of aromatic amines is 1. The minimum Gasteiger partial charge on any atom is -0.329 e. The molecule has 1 N–H and O–H groups in total. The molecule has 0 aromatic carbocycles. The Balaban J connectivity index is 2.29. The number of likely N-dealkylation sites (tertiary alicyclic amines) is 1. The van der Waals surface area contributed by atoms with Gasteiger partial charge in [-0.25, -0.2) is 0 Å². The van der Waals surface area contributed by atoms with Gasteiger partial charge in [0.05, 0.1) is 0 Å². The molecule has 1 aromatic heterocycles. The summed E-state index contributed by atoms with van der Waals surface area (Å²) in [6.45, 7) is 7.51. The van der Waals surface area contributed by atoms with Gasteiger partial charge >= 0.3 is 0 Å². The molecule has 3 heteroatoms. The first-order valence-electron chi connectivity index (χ1n) is 6.04. The molecule has 1 saturated heterocycles. The van der Waals surface area contributed by atoms with Crippen molar-refractivity contribution in [2.45, 2.75) is 45.7 Å². The second-order valence-corrected chi connectivity index (χ2v) is 4.93. The van der Waals surface area contributed by atoms with E-state index in [1.54, 1.807) is 0 Å². The zero-order valence-corrected chi connectivity index (χ0v) is 10.3. The average molecular weight is 220 g/mol. The van der Waals surface area contributed by atoms with Crippen molar-refractivity contribution < 1.29 is 0 Å². The molecule has 0 bridgehead atoms. The van der Waals surface area contributed by atoms with E-state index in [0.717, 1.165) is 5.56 Å². The highest BCUT2D eigenvalue weighted by atomic mass is 16.1. The van der Waals surface area contributed by atoms with Gasteiger partial charge in [0, 0.05) is 23.8 Å². The second kappa shape index (κ2) is 4.42. The van der Waals surface area contributed by atoms with Crippen molar-refractivity contribution >= 4 is 0 Å². The number of hydrogen-bond donors (Lipinski definition) is 1. The first-order chi connectivity index (χ1) is 7.59. The highest BCUT2D eigenvalue weighted by Crippen LogP contribution is 2.32. The molecule has 1 aliphatic heterocycles. The van der Waals surface area contributed by atoms with Crippen LogP contribution in [-0.4, -0.2) is 22.5 Å². The molecule has 0 amide bonds. The molecular weight excluding hydrogens is 200 g/mol. The predicted octanol–water partition coefficient (Wildman–Crippen LogP) is 2.23. The second-order valence-electron chi connectivity index (χ2n) is 4.93. The van der Waals surface area contributed by atoms with Gasteiger partial charge in [-0.3, -0.25) is 9.69 Å². The lowest BCUT2D eigenvalue weighted by molar-refractivity contribution is 0.205. The maximum absolute atomic E-state index is 11.3.